The van der Waals surface area contributed by atoms with Crippen molar-refractivity contribution in [3.05, 3.63) is 53.8 Å². The molecule has 1 aromatic heterocycles. The van der Waals surface area contributed by atoms with Crippen LogP contribution in [-0.4, -0.2) is 85.8 Å². The average Bonchev–Trinajstić information content (AvgIpc) is 3.63. The van der Waals surface area contributed by atoms with E-state index in [-0.39, 0.29) is 42.3 Å². The zero-order chi connectivity index (χ0) is 33.0. The molecular formula is C32H43FN4O7S2. The van der Waals surface area contributed by atoms with E-state index in [0.717, 1.165) is 4.70 Å². The molecule has 5 rings (SSSR count). The second kappa shape index (κ2) is 14.9. The fourth-order valence-corrected chi connectivity index (χ4v) is 8.57. The third kappa shape index (κ3) is 8.52. The number of sulfonamides is 1. The maximum absolute atomic E-state index is 14.0. The molecule has 2 aliphatic heterocycles. The monoisotopic (exact) mass is 678 g/mol. The summed E-state index contributed by atoms with van der Waals surface area (Å²) >= 11 is 1.37. The van der Waals surface area contributed by atoms with Crippen molar-refractivity contribution < 1.29 is 36.9 Å². The quantitative estimate of drug-likeness (QED) is 0.234. The number of aliphatic hydroxyl groups is 1. The summed E-state index contributed by atoms with van der Waals surface area (Å²) in [5.74, 6) is -0.556. The number of carbonyl (C=O) groups excluding carboxylic acids is 1. The Hall–Kier alpha value is -2.88. The first-order valence-electron chi connectivity index (χ1n) is 15.7. The van der Waals surface area contributed by atoms with Gasteiger partial charge in [0.05, 0.1) is 40.5 Å². The van der Waals surface area contributed by atoms with Crippen LogP contribution in [0, 0.1) is 17.7 Å². The van der Waals surface area contributed by atoms with Gasteiger partial charge in [-0.25, -0.2) is 22.6 Å². The number of aromatic nitrogens is 1. The first-order valence-corrected chi connectivity index (χ1v) is 17.9. The van der Waals surface area contributed by atoms with Crippen molar-refractivity contribution in [1.82, 2.24) is 14.6 Å². The molecule has 14 heteroatoms. The number of aliphatic hydroxyl groups excluding tert-OH is 1. The van der Waals surface area contributed by atoms with E-state index in [2.05, 4.69) is 15.6 Å². The molecule has 2 saturated heterocycles. The minimum atomic E-state index is -4.06. The maximum atomic E-state index is 14.0. The van der Waals surface area contributed by atoms with Crippen molar-refractivity contribution in [2.45, 2.75) is 82.4 Å². The van der Waals surface area contributed by atoms with Gasteiger partial charge in [-0.2, -0.15) is 4.31 Å². The lowest BCUT2D eigenvalue weighted by atomic mass is 9.95. The van der Waals surface area contributed by atoms with Crippen LogP contribution in [-0.2, 0) is 30.7 Å². The number of carbonyl (C=O) groups is 1. The maximum Gasteiger partial charge on any atom is 0.407 e. The Balaban J connectivity index is 1.36. The highest BCUT2D eigenvalue weighted by atomic mass is 32.2. The third-order valence-corrected chi connectivity index (χ3v) is 10.8. The summed E-state index contributed by atoms with van der Waals surface area (Å²) in [5, 5.41) is 18.3. The predicted molar refractivity (Wildman–Crippen MR) is 174 cm³/mol. The highest BCUT2D eigenvalue weighted by Gasteiger charge is 2.41. The number of benzene rings is 2. The Labute approximate surface area is 273 Å². The smallest absolute Gasteiger partial charge is 0.407 e. The Morgan fingerprint density at radius 2 is 1.83 bits per heavy atom. The van der Waals surface area contributed by atoms with Crippen molar-refractivity contribution in [3.8, 4) is 0 Å². The molecule has 0 bridgehead atoms. The Morgan fingerprint density at radius 1 is 1.11 bits per heavy atom. The molecule has 252 valence electrons. The van der Waals surface area contributed by atoms with E-state index < -0.39 is 46.5 Å². The molecule has 1 amide bonds. The van der Waals surface area contributed by atoms with Crippen LogP contribution >= 0.6 is 11.3 Å². The second-order valence-electron chi connectivity index (χ2n) is 12.6. The lowest BCUT2D eigenvalue weighted by Gasteiger charge is -2.33. The number of hydrogen-bond donors (Lipinski definition) is 3. The van der Waals surface area contributed by atoms with Crippen LogP contribution in [0.3, 0.4) is 0 Å². The van der Waals surface area contributed by atoms with Crippen LogP contribution in [0.2, 0.25) is 0 Å². The number of amides is 1. The van der Waals surface area contributed by atoms with Crippen LogP contribution in [0.1, 0.15) is 46.1 Å². The van der Waals surface area contributed by atoms with Gasteiger partial charge in [-0.3, -0.25) is 0 Å². The van der Waals surface area contributed by atoms with Crippen LogP contribution in [0.5, 0.6) is 0 Å². The van der Waals surface area contributed by atoms with Crippen molar-refractivity contribution in [2.75, 3.05) is 31.6 Å². The summed E-state index contributed by atoms with van der Waals surface area (Å²) in [5.41, 5.74) is 1.34. The molecule has 0 spiro atoms. The van der Waals surface area contributed by atoms with Crippen molar-refractivity contribution in [3.63, 3.8) is 0 Å². The summed E-state index contributed by atoms with van der Waals surface area (Å²) in [6.45, 7) is 8.55. The normalized spacial score (nSPS) is 21.5. The summed E-state index contributed by atoms with van der Waals surface area (Å²) in [4.78, 5) is 17.8. The first kappa shape index (κ1) is 34.5. The number of rotatable bonds is 13. The van der Waals surface area contributed by atoms with E-state index in [4.69, 9.17) is 14.2 Å². The van der Waals surface area contributed by atoms with E-state index in [1.54, 1.807) is 24.3 Å². The number of thiazole rings is 1. The fourth-order valence-electron chi connectivity index (χ4n) is 5.79. The summed E-state index contributed by atoms with van der Waals surface area (Å²) in [7, 11) is -4.06. The highest BCUT2D eigenvalue weighted by Crippen LogP contribution is 2.33. The number of ether oxygens (including phenoxy) is 3. The Morgan fingerprint density at radius 3 is 2.52 bits per heavy atom. The molecule has 5 atom stereocenters. The third-order valence-electron chi connectivity index (χ3n) is 8.01. The van der Waals surface area contributed by atoms with Gasteiger partial charge in [0.2, 0.25) is 10.0 Å². The lowest BCUT2D eigenvalue weighted by Crippen LogP contribution is -2.52. The van der Waals surface area contributed by atoms with E-state index in [9.17, 15) is 22.7 Å². The number of fused-ring (bicyclic) bond motifs is 2. The second-order valence-corrected chi connectivity index (χ2v) is 15.6. The van der Waals surface area contributed by atoms with E-state index in [0.29, 0.717) is 42.3 Å². The minimum Gasteiger partial charge on any atom is -0.446 e. The van der Waals surface area contributed by atoms with Gasteiger partial charge in [0.15, 0.2) is 11.4 Å². The summed E-state index contributed by atoms with van der Waals surface area (Å²) in [6, 6.07) is 9.77. The van der Waals surface area contributed by atoms with Crippen molar-refractivity contribution in [2.24, 2.45) is 11.8 Å². The largest absolute Gasteiger partial charge is 0.446 e. The zero-order valence-corrected chi connectivity index (χ0v) is 28.2. The van der Waals surface area contributed by atoms with Gasteiger partial charge >= 0.3 is 6.09 Å². The van der Waals surface area contributed by atoms with Crippen LogP contribution < -0.4 is 10.6 Å². The topological polar surface area (TPSA) is 139 Å². The van der Waals surface area contributed by atoms with Gasteiger partial charge in [0.1, 0.15) is 11.9 Å². The van der Waals surface area contributed by atoms with Gasteiger partial charge in [-0.15, -0.1) is 0 Å². The molecule has 3 aromatic rings. The molecule has 2 aromatic carbocycles. The van der Waals surface area contributed by atoms with Crippen LogP contribution in [0.25, 0.3) is 10.2 Å². The molecule has 2 fully saturated rings. The molecule has 3 N–H and O–H groups in total. The van der Waals surface area contributed by atoms with Crippen LogP contribution in [0.15, 0.2) is 47.4 Å². The number of nitrogens with zero attached hydrogens (tertiary/aromatic N) is 2. The van der Waals surface area contributed by atoms with Crippen molar-refractivity contribution >= 4 is 42.8 Å². The summed E-state index contributed by atoms with van der Waals surface area (Å²) in [6.07, 6.45) is -1.55. The van der Waals surface area contributed by atoms with Gasteiger partial charge in [-0.05, 0) is 68.5 Å². The molecule has 46 heavy (non-hydrogen) atoms. The van der Waals surface area contributed by atoms with Crippen molar-refractivity contribution in [1.29, 1.82) is 0 Å². The number of hydrogen-bond acceptors (Lipinski definition) is 10. The lowest BCUT2D eigenvalue weighted by molar-refractivity contribution is -0.179. The Bertz CT molecular complexity index is 1580. The number of alkyl carbamates (subject to hydrolysis) is 1. The number of anilines is 1. The molecule has 0 unspecified atom stereocenters. The highest BCUT2D eigenvalue weighted by molar-refractivity contribution is 7.89. The molecular weight excluding hydrogens is 636 g/mol. The van der Waals surface area contributed by atoms with Gasteiger partial charge in [-0.1, -0.05) is 37.3 Å². The predicted octanol–water partition coefficient (Wildman–Crippen LogP) is 4.75. The number of nitrogens with one attached hydrogen (secondary N) is 2. The van der Waals surface area contributed by atoms with E-state index in [1.807, 2.05) is 27.7 Å². The van der Waals surface area contributed by atoms with Gasteiger partial charge in [0.25, 0.3) is 0 Å². The first-order chi connectivity index (χ1) is 21.9. The number of halogens is 1. The molecule has 0 aliphatic carbocycles. The van der Waals surface area contributed by atoms with E-state index in [1.165, 1.54) is 33.8 Å². The average molecular weight is 679 g/mol. The zero-order valence-electron chi connectivity index (χ0n) is 26.5. The molecule has 11 nitrogen and oxygen atoms in total. The molecule has 0 saturated carbocycles. The fraction of sp³-hybridized carbons (Fsp3) is 0.562. The van der Waals surface area contributed by atoms with Gasteiger partial charge < -0.3 is 30.0 Å². The SMILES string of the molecule is CC(C)CN(C[C@@H](O)[C@H](Cc1ccc(F)cc1)NC(=O)O[C@H]1CCO[C@H]2OCC[C@H]21)S(=O)(=O)c1ccc2nc(NC(C)C)sc2c1. The summed E-state index contributed by atoms with van der Waals surface area (Å²) < 4.78 is 60.7. The molecule has 0 radical (unpaired) electrons. The van der Waals surface area contributed by atoms with Gasteiger partial charge in [0, 0.05) is 31.5 Å². The standard InChI is InChI=1S/C32H43FN4O7S2/c1-19(2)17-37(46(40,41)23-9-10-25-29(16-23)45-31(35-25)34-20(3)4)18-27(38)26(15-21-5-7-22(33)8-6-21)36-32(39)44-28-12-14-43-30-24(28)11-13-42-30/h5-10,16,19-20,24,26-28,30,38H,11-15,17-18H2,1-4H3,(H,34,35)(H,36,39)/t24-,26-,27+,28-,30+/m0/s1. The van der Waals surface area contributed by atoms with Crippen LogP contribution in [0.4, 0.5) is 14.3 Å². The van der Waals surface area contributed by atoms with E-state index >= 15 is 0 Å². The Kier molecular flexibility index (Phi) is 11.2. The molecule has 2 aliphatic rings. The molecule has 3 heterocycles. The minimum absolute atomic E-state index is 0.0560.